The molecular formula is C17H18BrNO2. The summed E-state index contributed by atoms with van der Waals surface area (Å²) >= 11 is 3.55. The van der Waals surface area contributed by atoms with E-state index in [1.807, 2.05) is 6.07 Å². The van der Waals surface area contributed by atoms with Crippen molar-refractivity contribution in [2.75, 3.05) is 18.5 Å². The van der Waals surface area contributed by atoms with Crippen molar-refractivity contribution in [1.82, 2.24) is 0 Å². The topological polar surface area (TPSA) is 30.5 Å². The number of benzene rings is 2. The Balaban J connectivity index is 1.79. The lowest BCUT2D eigenvalue weighted by molar-refractivity contribution is 0.170. The molecule has 0 radical (unpaired) electrons. The van der Waals surface area contributed by atoms with Crippen molar-refractivity contribution in [2.24, 2.45) is 0 Å². The van der Waals surface area contributed by atoms with Gasteiger partial charge in [-0.2, -0.15) is 0 Å². The summed E-state index contributed by atoms with van der Waals surface area (Å²) in [5, 5.41) is 3.49. The number of halogens is 1. The van der Waals surface area contributed by atoms with Gasteiger partial charge in [0.15, 0.2) is 11.5 Å². The fourth-order valence-electron chi connectivity index (χ4n) is 2.41. The highest BCUT2D eigenvalue weighted by Gasteiger charge is 2.16. The molecule has 0 unspecified atom stereocenters. The monoisotopic (exact) mass is 347 g/mol. The quantitative estimate of drug-likeness (QED) is 0.889. The Labute approximate surface area is 133 Å². The van der Waals surface area contributed by atoms with E-state index in [0.717, 1.165) is 28.1 Å². The largest absolute Gasteiger partial charge is 0.486 e. The average Bonchev–Trinajstić information content (AvgIpc) is 2.49. The van der Waals surface area contributed by atoms with Crippen LogP contribution in [-0.2, 0) is 6.54 Å². The Bertz CT molecular complexity index is 670. The SMILES string of the molecule is Cc1cccc(NCc2cc(Br)c3c(c2)OCCO3)c1C. The molecule has 3 nitrogen and oxygen atoms in total. The van der Waals surface area contributed by atoms with E-state index in [1.165, 1.54) is 16.8 Å². The van der Waals surface area contributed by atoms with Crippen LogP contribution in [0.5, 0.6) is 11.5 Å². The van der Waals surface area contributed by atoms with Gasteiger partial charge in [-0.1, -0.05) is 12.1 Å². The summed E-state index contributed by atoms with van der Waals surface area (Å²) in [6, 6.07) is 10.4. The lowest BCUT2D eigenvalue weighted by Gasteiger charge is -2.21. The van der Waals surface area contributed by atoms with Crippen molar-refractivity contribution < 1.29 is 9.47 Å². The number of hydrogen-bond donors (Lipinski definition) is 1. The van der Waals surface area contributed by atoms with E-state index in [4.69, 9.17) is 9.47 Å². The Kier molecular flexibility index (Phi) is 4.06. The van der Waals surface area contributed by atoms with Gasteiger partial charge in [0.25, 0.3) is 0 Å². The summed E-state index contributed by atoms with van der Waals surface area (Å²) in [6.45, 7) is 6.22. The van der Waals surface area contributed by atoms with E-state index in [9.17, 15) is 0 Å². The predicted octanol–water partition coefficient (Wildman–Crippen LogP) is 4.45. The molecule has 0 spiro atoms. The first kappa shape index (κ1) is 14.3. The van der Waals surface area contributed by atoms with Crippen LogP contribution in [0.4, 0.5) is 5.69 Å². The zero-order valence-electron chi connectivity index (χ0n) is 12.2. The molecule has 0 aromatic heterocycles. The highest BCUT2D eigenvalue weighted by molar-refractivity contribution is 9.10. The zero-order valence-corrected chi connectivity index (χ0v) is 13.8. The second-order valence-corrected chi connectivity index (χ2v) is 6.06. The first-order valence-corrected chi connectivity index (χ1v) is 7.82. The molecule has 1 heterocycles. The first-order chi connectivity index (χ1) is 10.1. The fraction of sp³-hybridized carbons (Fsp3) is 0.294. The van der Waals surface area contributed by atoms with Gasteiger partial charge in [-0.15, -0.1) is 0 Å². The third kappa shape index (κ3) is 3.00. The molecule has 3 rings (SSSR count). The molecule has 2 aromatic rings. The van der Waals surface area contributed by atoms with E-state index >= 15 is 0 Å². The third-order valence-electron chi connectivity index (χ3n) is 3.74. The normalized spacial score (nSPS) is 13.1. The van der Waals surface area contributed by atoms with Crippen LogP contribution < -0.4 is 14.8 Å². The number of hydrogen-bond acceptors (Lipinski definition) is 3. The molecule has 0 saturated heterocycles. The molecule has 0 aliphatic carbocycles. The molecule has 2 aromatic carbocycles. The molecule has 0 atom stereocenters. The van der Waals surface area contributed by atoms with Gasteiger partial charge >= 0.3 is 0 Å². The maximum Gasteiger partial charge on any atom is 0.175 e. The van der Waals surface area contributed by atoms with Crippen LogP contribution in [0.25, 0.3) is 0 Å². The van der Waals surface area contributed by atoms with Crippen molar-refractivity contribution in [1.29, 1.82) is 0 Å². The first-order valence-electron chi connectivity index (χ1n) is 7.03. The van der Waals surface area contributed by atoms with E-state index in [-0.39, 0.29) is 0 Å². The molecule has 21 heavy (non-hydrogen) atoms. The number of aryl methyl sites for hydroxylation is 1. The fourth-order valence-corrected chi connectivity index (χ4v) is 3.01. The smallest absolute Gasteiger partial charge is 0.175 e. The zero-order chi connectivity index (χ0) is 14.8. The van der Waals surface area contributed by atoms with Gasteiger partial charge in [0, 0.05) is 12.2 Å². The van der Waals surface area contributed by atoms with E-state index in [0.29, 0.717) is 13.2 Å². The van der Waals surface area contributed by atoms with Crippen LogP contribution in [0, 0.1) is 13.8 Å². The maximum atomic E-state index is 5.66. The molecule has 110 valence electrons. The summed E-state index contributed by atoms with van der Waals surface area (Å²) in [6.07, 6.45) is 0. The van der Waals surface area contributed by atoms with Crippen molar-refractivity contribution in [3.63, 3.8) is 0 Å². The van der Waals surface area contributed by atoms with Gasteiger partial charge in [-0.3, -0.25) is 0 Å². The van der Waals surface area contributed by atoms with Gasteiger partial charge in [-0.25, -0.2) is 0 Å². The van der Waals surface area contributed by atoms with Gasteiger partial charge < -0.3 is 14.8 Å². The Hall–Kier alpha value is -1.68. The van der Waals surface area contributed by atoms with E-state index in [1.54, 1.807) is 0 Å². The van der Waals surface area contributed by atoms with Crippen LogP contribution in [0.3, 0.4) is 0 Å². The number of fused-ring (bicyclic) bond motifs is 1. The molecular weight excluding hydrogens is 330 g/mol. The van der Waals surface area contributed by atoms with E-state index < -0.39 is 0 Å². The highest BCUT2D eigenvalue weighted by atomic mass is 79.9. The van der Waals surface area contributed by atoms with Gasteiger partial charge in [0.1, 0.15) is 13.2 Å². The van der Waals surface area contributed by atoms with Crippen LogP contribution in [-0.4, -0.2) is 13.2 Å². The predicted molar refractivity (Wildman–Crippen MR) is 88.4 cm³/mol. The van der Waals surface area contributed by atoms with Crippen LogP contribution in [0.15, 0.2) is 34.8 Å². The minimum atomic E-state index is 0.603. The standard InChI is InChI=1S/C17H18BrNO2/c1-11-4-3-5-15(12(11)2)19-10-13-8-14(18)17-16(9-13)20-6-7-21-17/h3-5,8-9,19H,6-7,10H2,1-2H3. The lowest BCUT2D eigenvalue weighted by Crippen LogP contribution is -2.16. The molecule has 0 amide bonds. The minimum Gasteiger partial charge on any atom is -0.486 e. The number of anilines is 1. The summed E-state index contributed by atoms with van der Waals surface area (Å²) in [4.78, 5) is 0. The molecule has 0 bridgehead atoms. The van der Waals surface area contributed by atoms with Crippen LogP contribution in [0.1, 0.15) is 16.7 Å². The third-order valence-corrected chi connectivity index (χ3v) is 4.33. The van der Waals surface area contributed by atoms with Gasteiger partial charge in [0.05, 0.1) is 4.47 Å². The summed E-state index contributed by atoms with van der Waals surface area (Å²) in [5.74, 6) is 1.62. The maximum absolute atomic E-state index is 5.66. The Morgan fingerprint density at radius 3 is 2.81 bits per heavy atom. The molecule has 0 fully saturated rings. The van der Waals surface area contributed by atoms with E-state index in [2.05, 4.69) is 59.4 Å². The van der Waals surface area contributed by atoms with Crippen LogP contribution in [0.2, 0.25) is 0 Å². The van der Waals surface area contributed by atoms with Crippen molar-refractivity contribution in [3.8, 4) is 11.5 Å². The Morgan fingerprint density at radius 1 is 1.14 bits per heavy atom. The molecule has 4 heteroatoms. The summed E-state index contributed by atoms with van der Waals surface area (Å²) in [7, 11) is 0. The number of rotatable bonds is 3. The average molecular weight is 348 g/mol. The summed E-state index contributed by atoms with van der Waals surface area (Å²) in [5.41, 5.74) is 4.91. The minimum absolute atomic E-state index is 0.603. The van der Waals surface area contributed by atoms with Gasteiger partial charge in [-0.05, 0) is 64.7 Å². The number of ether oxygens (including phenoxy) is 2. The highest BCUT2D eigenvalue weighted by Crippen LogP contribution is 2.38. The molecule has 1 aliphatic heterocycles. The second-order valence-electron chi connectivity index (χ2n) is 5.20. The van der Waals surface area contributed by atoms with Crippen molar-refractivity contribution >= 4 is 21.6 Å². The molecule has 1 N–H and O–H groups in total. The van der Waals surface area contributed by atoms with Crippen molar-refractivity contribution in [3.05, 3.63) is 51.5 Å². The van der Waals surface area contributed by atoms with Gasteiger partial charge in [0.2, 0.25) is 0 Å². The summed E-state index contributed by atoms with van der Waals surface area (Å²) < 4.78 is 12.2. The Morgan fingerprint density at radius 2 is 1.95 bits per heavy atom. The molecule has 1 aliphatic rings. The van der Waals surface area contributed by atoms with Crippen molar-refractivity contribution in [2.45, 2.75) is 20.4 Å². The molecule has 0 saturated carbocycles. The lowest BCUT2D eigenvalue weighted by atomic mass is 10.1. The number of nitrogens with one attached hydrogen (secondary N) is 1. The second kappa shape index (κ2) is 5.98. The van der Waals surface area contributed by atoms with Crippen LogP contribution >= 0.6 is 15.9 Å².